The average molecular weight is 868 g/mol. The van der Waals surface area contributed by atoms with Crippen molar-refractivity contribution in [3.05, 3.63) is 273 Å². The molecule has 0 unspecified atom stereocenters. The number of nitrogens with zero attached hydrogens (tertiary/aromatic N) is 1. The van der Waals surface area contributed by atoms with E-state index in [9.17, 15) is 0 Å². The molecule has 1 aromatic heterocycles. The topological polar surface area (TPSA) is 16.4 Å². The van der Waals surface area contributed by atoms with E-state index >= 15 is 0 Å². The molecule has 0 bridgehead atoms. The van der Waals surface area contributed by atoms with E-state index in [0.717, 1.165) is 66.8 Å². The molecule has 0 fully saturated rings. The summed E-state index contributed by atoms with van der Waals surface area (Å²) < 4.78 is 6.51. The largest absolute Gasteiger partial charge is 0.455 e. The van der Waals surface area contributed by atoms with Crippen LogP contribution in [-0.2, 0) is 0 Å². The third-order valence-corrected chi connectivity index (χ3v) is 13.2. The lowest BCUT2D eigenvalue weighted by atomic mass is 9.86. The third-order valence-electron chi connectivity index (χ3n) is 13.2. The molecule has 0 amide bonds. The standard InChI is InChI=1S/C66H45NO/c1-4-17-46(18-5-1)48-31-33-49(34-32-48)50-35-40-54(41-36-50)67(55-42-37-52(38-43-55)57-27-16-28-62-61-26-13-15-30-65(61)68-66(57)62)64-29-14-12-25-60(64)59-44-39-53(47-19-6-2-7-20-47)45-63(59)58-24-11-10-23-56(58)51-21-8-3-9-22-51/h1-45H. The molecule has 2 heteroatoms. The van der Waals surface area contributed by atoms with Gasteiger partial charge < -0.3 is 9.32 Å². The van der Waals surface area contributed by atoms with Crippen LogP contribution in [-0.4, -0.2) is 0 Å². The Bertz CT molecular complexity index is 3690. The van der Waals surface area contributed by atoms with Crippen LogP contribution in [0.2, 0.25) is 0 Å². The summed E-state index contributed by atoms with van der Waals surface area (Å²) in [5.41, 5.74) is 21.2. The normalized spacial score (nSPS) is 11.2. The lowest BCUT2D eigenvalue weighted by Crippen LogP contribution is -2.11. The SMILES string of the molecule is c1ccc(-c2ccc(-c3ccc(N(c4ccc(-c5cccc6c5oc5ccccc56)cc4)c4ccccc4-c4ccc(-c5ccccc5)cc4-c4ccccc4-c4ccccc4)cc3)cc2)cc1. The van der Waals surface area contributed by atoms with Crippen LogP contribution in [0.5, 0.6) is 0 Å². The second-order valence-corrected chi connectivity index (χ2v) is 17.2. The fourth-order valence-electron chi connectivity index (χ4n) is 9.78. The molecule has 1 heterocycles. The zero-order valence-electron chi connectivity index (χ0n) is 37.3. The van der Waals surface area contributed by atoms with E-state index in [-0.39, 0.29) is 0 Å². The molecule has 12 rings (SSSR count). The van der Waals surface area contributed by atoms with Crippen LogP contribution in [0.1, 0.15) is 0 Å². The van der Waals surface area contributed by atoms with Crippen molar-refractivity contribution in [2.24, 2.45) is 0 Å². The monoisotopic (exact) mass is 867 g/mol. The van der Waals surface area contributed by atoms with Gasteiger partial charge in [0.25, 0.3) is 0 Å². The van der Waals surface area contributed by atoms with Crippen LogP contribution in [0.4, 0.5) is 17.1 Å². The highest BCUT2D eigenvalue weighted by molar-refractivity contribution is 6.09. The maximum atomic E-state index is 6.51. The summed E-state index contributed by atoms with van der Waals surface area (Å²) >= 11 is 0. The smallest absolute Gasteiger partial charge is 0.143 e. The van der Waals surface area contributed by atoms with E-state index in [1.807, 2.05) is 12.1 Å². The minimum Gasteiger partial charge on any atom is -0.455 e. The van der Waals surface area contributed by atoms with Crippen LogP contribution >= 0.6 is 0 Å². The van der Waals surface area contributed by atoms with Gasteiger partial charge in [-0.3, -0.25) is 0 Å². The fourth-order valence-corrected chi connectivity index (χ4v) is 9.78. The van der Waals surface area contributed by atoms with Crippen molar-refractivity contribution in [3.63, 3.8) is 0 Å². The zero-order chi connectivity index (χ0) is 45.2. The van der Waals surface area contributed by atoms with E-state index in [1.165, 1.54) is 50.1 Å². The number of benzene rings is 11. The molecular weight excluding hydrogens is 823 g/mol. The highest BCUT2D eigenvalue weighted by atomic mass is 16.3. The first-order chi connectivity index (χ1) is 33.7. The summed E-state index contributed by atoms with van der Waals surface area (Å²) in [6.07, 6.45) is 0. The summed E-state index contributed by atoms with van der Waals surface area (Å²) in [4.78, 5) is 2.40. The Morgan fingerprint density at radius 2 is 0.647 bits per heavy atom. The summed E-state index contributed by atoms with van der Waals surface area (Å²) in [6.45, 7) is 0. The van der Waals surface area contributed by atoms with Gasteiger partial charge in [0.05, 0.1) is 5.69 Å². The molecule has 0 saturated heterocycles. The Balaban J connectivity index is 1.01. The quantitative estimate of drug-likeness (QED) is 0.136. The molecule has 0 saturated carbocycles. The van der Waals surface area contributed by atoms with Gasteiger partial charge in [0.2, 0.25) is 0 Å². The predicted molar refractivity (Wildman–Crippen MR) is 286 cm³/mol. The fraction of sp³-hybridized carbons (Fsp3) is 0. The average Bonchev–Trinajstić information content (AvgIpc) is 3.81. The van der Waals surface area contributed by atoms with Crippen molar-refractivity contribution in [2.75, 3.05) is 4.90 Å². The number of furan rings is 1. The lowest BCUT2D eigenvalue weighted by molar-refractivity contribution is 0.670. The van der Waals surface area contributed by atoms with Crippen molar-refractivity contribution >= 4 is 39.0 Å². The number of hydrogen-bond acceptors (Lipinski definition) is 2. The van der Waals surface area contributed by atoms with E-state index < -0.39 is 0 Å². The van der Waals surface area contributed by atoms with Crippen LogP contribution in [0.25, 0.3) is 99.8 Å². The summed E-state index contributed by atoms with van der Waals surface area (Å²) in [6, 6.07) is 98.1. The highest BCUT2D eigenvalue weighted by Crippen LogP contribution is 2.47. The zero-order valence-corrected chi connectivity index (χ0v) is 37.3. The maximum Gasteiger partial charge on any atom is 0.143 e. The summed E-state index contributed by atoms with van der Waals surface area (Å²) in [5, 5.41) is 2.25. The highest BCUT2D eigenvalue weighted by Gasteiger charge is 2.22. The molecule has 0 aliphatic heterocycles. The molecule has 320 valence electrons. The van der Waals surface area contributed by atoms with Gasteiger partial charge in [-0.1, -0.05) is 231 Å². The molecule has 0 spiro atoms. The molecule has 2 nitrogen and oxygen atoms in total. The van der Waals surface area contributed by atoms with Gasteiger partial charge in [0, 0.05) is 33.3 Å². The number of rotatable bonds is 10. The van der Waals surface area contributed by atoms with Gasteiger partial charge in [0.15, 0.2) is 0 Å². The number of para-hydroxylation sites is 3. The Kier molecular flexibility index (Phi) is 10.6. The van der Waals surface area contributed by atoms with Gasteiger partial charge in [-0.2, -0.15) is 0 Å². The van der Waals surface area contributed by atoms with Crippen molar-refractivity contribution in [2.45, 2.75) is 0 Å². The Hall–Kier alpha value is -8.98. The first kappa shape index (κ1) is 40.5. The van der Waals surface area contributed by atoms with Crippen molar-refractivity contribution in [3.8, 4) is 77.9 Å². The molecule has 11 aromatic carbocycles. The summed E-state index contributed by atoms with van der Waals surface area (Å²) in [5.74, 6) is 0. The van der Waals surface area contributed by atoms with Gasteiger partial charge in [-0.25, -0.2) is 0 Å². The first-order valence-electron chi connectivity index (χ1n) is 23.2. The lowest BCUT2D eigenvalue weighted by Gasteiger charge is -2.29. The van der Waals surface area contributed by atoms with Crippen molar-refractivity contribution in [1.29, 1.82) is 0 Å². The Morgan fingerprint density at radius 3 is 1.29 bits per heavy atom. The summed E-state index contributed by atoms with van der Waals surface area (Å²) in [7, 11) is 0. The van der Waals surface area contributed by atoms with E-state index in [4.69, 9.17) is 4.42 Å². The molecule has 0 aliphatic carbocycles. The van der Waals surface area contributed by atoms with Crippen LogP contribution < -0.4 is 4.90 Å². The Morgan fingerprint density at radius 1 is 0.235 bits per heavy atom. The van der Waals surface area contributed by atoms with Crippen LogP contribution in [0.3, 0.4) is 0 Å². The van der Waals surface area contributed by atoms with Crippen molar-refractivity contribution < 1.29 is 4.42 Å². The van der Waals surface area contributed by atoms with E-state index in [2.05, 4.69) is 266 Å². The first-order valence-corrected chi connectivity index (χ1v) is 23.2. The minimum atomic E-state index is 0.896. The molecule has 0 N–H and O–H groups in total. The molecule has 0 aliphatic rings. The van der Waals surface area contributed by atoms with Gasteiger partial charge in [0.1, 0.15) is 11.2 Å². The maximum absolute atomic E-state index is 6.51. The predicted octanol–water partition coefficient (Wildman–Crippen LogP) is 18.7. The number of anilines is 3. The van der Waals surface area contributed by atoms with Gasteiger partial charge in [-0.05, 0) is 109 Å². The van der Waals surface area contributed by atoms with Gasteiger partial charge in [-0.15, -0.1) is 0 Å². The molecule has 12 aromatic rings. The van der Waals surface area contributed by atoms with Crippen molar-refractivity contribution in [1.82, 2.24) is 0 Å². The molecule has 0 radical (unpaired) electrons. The van der Waals surface area contributed by atoms with E-state index in [0.29, 0.717) is 0 Å². The van der Waals surface area contributed by atoms with Crippen LogP contribution in [0, 0.1) is 0 Å². The van der Waals surface area contributed by atoms with Gasteiger partial charge >= 0.3 is 0 Å². The number of hydrogen-bond donors (Lipinski definition) is 0. The van der Waals surface area contributed by atoms with Crippen LogP contribution in [0.15, 0.2) is 277 Å². The Labute approximate surface area is 397 Å². The molecular formula is C66H45NO. The second kappa shape index (κ2) is 17.8. The third kappa shape index (κ3) is 7.64. The number of fused-ring (bicyclic) bond motifs is 3. The molecule has 68 heavy (non-hydrogen) atoms. The second-order valence-electron chi connectivity index (χ2n) is 17.2. The minimum absolute atomic E-state index is 0.896. The van der Waals surface area contributed by atoms with E-state index in [1.54, 1.807) is 0 Å². The molecule has 0 atom stereocenters.